The first-order valence-corrected chi connectivity index (χ1v) is 8.21. The number of amides is 1. The summed E-state index contributed by atoms with van der Waals surface area (Å²) in [5.74, 6) is -1.98. The van der Waals surface area contributed by atoms with Crippen LogP contribution in [-0.4, -0.2) is 50.7 Å². The summed E-state index contributed by atoms with van der Waals surface area (Å²) in [7, 11) is 0. The van der Waals surface area contributed by atoms with E-state index in [1.807, 2.05) is 6.92 Å². The molecule has 3 saturated heterocycles. The molecule has 1 amide bonds. The van der Waals surface area contributed by atoms with Gasteiger partial charge in [0, 0.05) is 5.25 Å². The van der Waals surface area contributed by atoms with E-state index in [2.05, 4.69) is 0 Å². The molecule has 3 fully saturated rings. The fourth-order valence-corrected chi connectivity index (χ4v) is 4.84. The summed E-state index contributed by atoms with van der Waals surface area (Å²) < 4.78 is 10.9. The monoisotopic (exact) mass is 328 g/mol. The molecule has 3 heterocycles. The maximum absolute atomic E-state index is 12.8. The average Bonchev–Trinajstić information content (AvgIpc) is 2.74. The SMILES string of the molecule is C[C@@H]1S[C@@H]2[C@H](N)C(=O)N2[C@@]2(C(=O)OC(C)(C)C)OC(=O)C[C@@H]12. The van der Waals surface area contributed by atoms with Gasteiger partial charge in [0.1, 0.15) is 17.0 Å². The van der Waals surface area contributed by atoms with E-state index in [4.69, 9.17) is 15.2 Å². The van der Waals surface area contributed by atoms with E-state index in [1.165, 1.54) is 16.7 Å². The van der Waals surface area contributed by atoms with Crippen LogP contribution in [0.1, 0.15) is 34.1 Å². The van der Waals surface area contributed by atoms with Crippen molar-refractivity contribution in [3.05, 3.63) is 0 Å². The minimum Gasteiger partial charge on any atom is -0.456 e. The summed E-state index contributed by atoms with van der Waals surface area (Å²) in [6, 6.07) is -0.674. The summed E-state index contributed by atoms with van der Waals surface area (Å²) in [6.07, 6.45) is 0.0964. The van der Waals surface area contributed by atoms with Crippen molar-refractivity contribution in [2.24, 2.45) is 11.7 Å². The molecule has 3 aliphatic rings. The van der Waals surface area contributed by atoms with Crippen LogP contribution in [0.25, 0.3) is 0 Å². The lowest BCUT2D eigenvalue weighted by molar-refractivity contribution is -0.226. The molecular weight excluding hydrogens is 308 g/mol. The summed E-state index contributed by atoms with van der Waals surface area (Å²) >= 11 is 1.50. The largest absolute Gasteiger partial charge is 0.456 e. The summed E-state index contributed by atoms with van der Waals surface area (Å²) in [6.45, 7) is 7.11. The lowest BCUT2D eigenvalue weighted by Crippen LogP contribution is -2.80. The number of nitrogens with two attached hydrogens (primary N) is 1. The molecule has 0 aromatic carbocycles. The first kappa shape index (κ1) is 15.6. The second-order valence-electron chi connectivity index (χ2n) is 6.95. The number of rotatable bonds is 1. The zero-order chi connectivity index (χ0) is 16.4. The van der Waals surface area contributed by atoms with Gasteiger partial charge in [0.25, 0.3) is 5.72 Å². The number of hydrogen-bond acceptors (Lipinski definition) is 7. The van der Waals surface area contributed by atoms with E-state index in [-0.39, 0.29) is 23.0 Å². The summed E-state index contributed by atoms with van der Waals surface area (Å²) in [5.41, 5.74) is 3.43. The third-order valence-electron chi connectivity index (χ3n) is 4.21. The predicted octanol–water partition coefficient (Wildman–Crippen LogP) is 0.218. The maximum atomic E-state index is 12.8. The topological polar surface area (TPSA) is 98.9 Å². The molecule has 0 radical (unpaired) electrons. The van der Waals surface area contributed by atoms with E-state index in [0.29, 0.717) is 0 Å². The average molecular weight is 328 g/mol. The highest BCUT2D eigenvalue weighted by atomic mass is 32.2. The van der Waals surface area contributed by atoms with E-state index in [1.54, 1.807) is 20.8 Å². The van der Waals surface area contributed by atoms with Crippen LogP contribution < -0.4 is 5.73 Å². The third-order valence-corrected chi connectivity index (χ3v) is 5.75. The van der Waals surface area contributed by atoms with Crippen LogP contribution in [0, 0.1) is 5.92 Å². The number of carbonyl (C=O) groups excluding carboxylic acids is 3. The minimum absolute atomic E-state index is 0.0423. The lowest BCUT2D eigenvalue weighted by Gasteiger charge is -2.58. The van der Waals surface area contributed by atoms with Crippen LogP contribution in [0.4, 0.5) is 0 Å². The van der Waals surface area contributed by atoms with Gasteiger partial charge in [-0.05, 0) is 20.8 Å². The molecule has 0 spiro atoms. The molecular formula is C14H20N2O5S. The zero-order valence-electron chi connectivity index (χ0n) is 13.0. The Labute approximate surface area is 132 Å². The molecule has 0 aromatic heterocycles. The number of esters is 2. The first-order valence-electron chi connectivity index (χ1n) is 7.27. The number of hydrogen-bond donors (Lipinski definition) is 1. The van der Waals surface area contributed by atoms with Crippen LogP contribution in [0.2, 0.25) is 0 Å². The van der Waals surface area contributed by atoms with E-state index in [9.17, 15) is 14.4 Å². The van der Waals surface area contributed by atoms with Crippen molar-refractivity contribution in [2.45, 2.75) is 62.1 Å². The van der Waals surface area contributed by atoms with Crippen LogP contribution in [0.5, 0.6) is 0 Å². The third kappa shape index (κ3) is 1.96. The highest BCUT2D eigenvalue weighted by Gasteiger charge is 2.72. The smallest absolute Gasteiger partial charge is 0.373 e. The lowest BCUT2D eigenvalue weighted by atomic mass is 9.86. The Hall–Kier alpha value is -1.28. The highest BCUT2D eigenvalue weighted by Crippen LogP contribution is 2.54. The van der Waals surface area contributed by atoms with E-state index in [0.717, 1.165) is 0 Å². The highest BCUT2D eigenvalue weighted by molar-refractivity contribution is 8.00. The second-order valence-corrected chi connectivity index (χ2v) is 8.45. The van der Waals surface area contributed by atoms with Gasteiger partial charge in [-0.2, -0.15) is 0 Å². The Morgan fingerprint density at radius 3 is 2.68 bits per heavy atom. The first-order chi connectivity index (χ1) is 10.1. The van der Waals surface area contributed by atoms with Crippen LogP contribution in [0.15, 0.2) is 0 Å². The van der Waals surface area contributed by atoms with Crippen molar-refractivity contribution in [1.82, 2.24) is 4.90 Å². The van der Waals surface area contributed by atoms with E-state index < -0.39 is 35.2 Å². The number of carbonyl (C=O) groups is 3. The fraction of sp³-hybridized carbons (Fsp3) is 0.786. The summed E-state index contributed by atoms with van der Waals surface area (Å²) in [5, 5.41) is -0.406. The van der Waals surface area contributed by atoms with Crippen molar-refractivity contribution in [3.8, 4) is 0 Å². The van der Waals surface area contributed by atoms with Crippen LogP contribution in [0.3, 0.4) is 0 Å². The van der Waals surface area contributed by atoms with Crippen LogP contribution >= 0.6 is 11.8 Å². The summed E-state index contributed by atoms with van der Waals surface area (Å²) in [4.78, 5) is 38.2. The molecule has 122 valence electrons. The quantitative estimate of drug-likeness (QED) is 0.543. The maximum Gasteiger partial charge on any atom is 0.373 e. The number of β-lactam (4-membered cyclic amide) rings is 1. The Kier molecular flexibility index (Phi) is 3.27. The molecule has 8 heteroatoms. The van der Waals surface area contributed by atoms with Gasteiger partial charge in [-0.3, -0.25) is 14.5 Å². The minimum atomic E-state index is -1.66. The molecule has 7 nitrogen and oxygen atoms in total. The number of nitrogens with zero attached hydrogens (tertiary/aromatic N) is 1. The van der Waals surface area contributed by atoms with Crippen molar-refractivity contribution in [1.29, 1.82) is 0 Å². The van der Waals surface area contributed by atoms with E-state index >= 15 is 0 Å². The van der Waals surface area contributed by atoms with Gasteiger partial charge in [-0.15, -0.1) is 11.8 Å². The molecule has 0 bridgehead atoms. The molecule has 3 aliphatic heterocycles. The van der Waals surface area contributed by atoms with Crippen molar-refractivity contribution in [3.63, 3.8) is 0 Å². The van der Waals surface area contributed by atoms with Crippen LogP contribution in [-0.2, 0) is 23.9 Å². The molecule has 3 rings (SSSR count). The van der Waals surface area contributed by atoms with Crippen molar-refractivity contribution >= 4 is 29.6 Å². The predicted molar refractivity (Wildman–Crippen MR) is 78.4 cm³/mol. The Balaban J connectivity index is 2.03. The molecule has 22 heavy (non-hydrogen) atoms. The molecule has 0 aliphatic carbocycles. The van der Waals surface area contributed by atoms with Gasteiger partial charge in [0.15, 0.2) is 0 Å². The number of fused-ring (bicyclic) bond motifs is 3. The second kappa shape index (κ2) is 4.61. The van der Waals surface area contributed by atoms with Gasteiger partial charge in [-0.1, -0.05) is 6.92 Å². The Morgan fingerprint density at radius 1 is 1.45 bits per heavy atom. The molecule has 2 N–H and O–H groups in total. The molecule has 0 saturated carbocycles. The zero-order valence-corrected chi connectivity index (χ0v) is 13.8. The molecule has 0 unspecified atom stereocenters. The normalized spacial score (nSPS) is 40.5. The van der Waals surface area contributed by atoms with Gasteiger partial charge < -0.3 is 15.2 Å². The Morgan fingerprint density at radius 2 is 2.09 bits per heavy atom. The number of ether oxygens (including phenoxy) is 2. The molecule has 0 aromatic rings. The van der Waals surface area contributed by atoms with Gasteiger partial charge >= 0.3 is 11.9 Å². The fourth-order valence-electron chi connectivity index (χ4n) is 3.26. The van der Waals surface area contributed by atoms with Gasteiger partial charge in [0.2, 0.25) is 5.91 Å². The van der Waals surface area contributed by atoms with Crippen molar-refractivity contribution in [2.75, 3.05) is 0 Å². The standard InChI is InChI=1S/C14H20N2O5S/c1-6-7-5-8(17)20-14(7,12(19)21-13(2,3)4)16-10(18)9(15)11(16)22-6/h6-7,9,11H,5,15H2,1-4H3/t6-,7-,9+,11+,14+/m0/s1. The number of thioether (sulfide) groups is 1. The molecule has 5 atom stereocenters. The van der Waals surface area contributed by atoms with Crippen molar-refractivity contribution < 1.29 is 23.9 Å². The van der Waals surface area contributed by atoms with Gasteiger partial charge in [-0.25, -0.2) is 4.79 Å². The Bertz CT molecular complexity index is 560. The van der Waals surface area contributed by atoms with Gasteiger partial charge in [0.05, 0.1) is 12.3 Å².